The number of para-hydroxylation sites is 2. The van der Waals surface area contributed by atoms with Crippen LogP contribution in [0.1, 0.15) is 36.5 Å². The van der Waals surface area contributed by atoms with Gasteiger partial charge in [-0.15, -0.1) is 21.5 Å². The van der Waals surface area contributed by atoms with Crippen LogP contribution in [-0.4, -0.2) is 24.3 Å². The molecule has 1 aliphatic heterocycles. The monoisotopic (exact) mass is 484 g/mol. The number of nitro benzene ring substituents is 1. The number of aryl methyl sites for hydroxylation is 1. The lowest BCUT2D eigenvalue weighted by molar-refractivity contribution is -0.385. The molecule has 9 nitrogen and oxygen atoms in total. The Morgan fingerprint density at radius 2 is 1.86 bits per heavy atom. The summed E-state index contributed by atoms with van der Waals surface area (Å²) >= 11 is 1.11. The van der Waals surface area contributed by atoms with E-state index in [0.29, 0.717) is 28.3 Å². The number of fused-ring (bicyclic) bond motifs is 1. The van der Waals surface area contributed by atoms with Crippen molar-refractivity contribution in [2.75, 3.05) is 0 Å². The lowest BCUT2D eigenvalue weighted by Crippen LogP contribution is -2.31. The van der Waals surface area contributed by atoms with Crippen molar-refractivity contribution in [3.63, 3.8) is 0 Å². The van der Waals surface area contributed by atoms with E-state index < -0.39 is 4.92 Å². The second-order valence-electron chi connectivity index (χ2n) is 8.10. The van der Waals surface area contributed by atoms with Crippen molar-refractivity contribution in [2.45, 2.75) is 32.2 Å². The summed E-state index contributed by atoms with van der Waals surface area (Å²) in [5.41, 5.74) is 0.698. The Labute approximate surface area is 203 Å². The van der Waals surface area contributed by atoms with Gasteiger partial charge in [-0.1, -0.05) is 36.8 Å². The fourth-order valence-corrected chi connectivity index (χ4v) is 5.33. The van der Waals surface area contributed by atoms with Gasteiger partial charge in [0.1, 0.15) is 22.1 Å². The summed E-state index contributed by atoms with van der Waals surface area (Å²) in [4.78, 5) is 24.6. The fourth-order valence-electron chi connectivity index (χ4n) is 4.24. The molecule has 0 amide bonds. The summed E-state index contributed by atoms with van der Waals surface area (Å²) in [5.74, 6) is 1.27. The number of nitro groups is 1. The van der Waals surface area contributed by atoms with Crippen LogP contribution in [0.15, 0.2) is 59.4 Å². The highest BCUT2D eigenvalue weighted by atomic mass is 32.1. The van der Waals surface area contributed by atoms with Crippen molar-refractivity contribution >= 4 is 28.7 Å². The summed E-state index contributed by atoms with van der Waals surface area (Å²) in [7, 11) is 0. The van der Waals surface area contributed by atoms with Gasteiger partial charge in [0.2, 0.25) is 0 Å². The van der Waals surface area contributed by atoms with Gasteiger partial charge in [-0.05, 0) is 37.1 Å². The van der Waals surface area contributed by atoms with Crippen LogP contribution in [0.25, 0.3) is 17.3 Å². The van der Waals surface area contributed by atoms with E-state index in [1.54, 1.807) is 30.3 Å². The molecule has 2 aromatic carbocycles. The molecule has 0 saturated heterocycles. The van der Waals surface area contributed by atoms with Crippen LogP contribution in [0.2, 0.25) is 0 Å². The van der Waals surface area contributed by atoms with E-state index in [0.717, 1.165) is 42.8 Å². The van der Waals surface area contributed by atoms with Crippen molar-refractivity contribution < 1.29 is 4.92 Å². The average molecular weight is 485 g/mol. The summed E-state index contributed by atoms with van der Waals surface area (Å²) in [6.45, 7) is 0.707. The lowest BCUT2D eigenvalue weighted by atomic mass is 10.2. The molecule has 4 aromatic rings. The summed E-state index contributed by atoms with van der Waals surface area (Å²) in [5, 5.41) is 30.4. The zero-order valence-electron chi connectivity index (χ0n) is 18.6. The Bertz CT molecular complexity index is 1640. The molecule has 0 radical (unpaired) electrons. The highest BCUT2D eigenvalue weighted by Crippen LogP contribution is 2.20. The fraction of sp³-hybridized carbons (Fsp3) is 0.200. The van der Waals surface area contributed by atoms with E-state index in [1.807, 2.05) is 22.8 Å². The Kier molecular flexibility index (Phi) is 6.08. The topological polar surface area (TPSA) is 120 Å². The molecule has 5 rings (SSSR count). The highest BCUT2D eigenvalue weighted by Gasteiger charge is 2.21. The van der Waals surface area contributed by atoms with Crippen molar-refractivity contribution in [1.29, 1.82) is 5.26 Å². The highest BCUT2D eigenvalue weighted by molar-refractivity contribution is 7.07. The Morgan fingerprint density at radius 3 is 2.63 bits per heavy atom. The minimum absolute atomic E-state index is 0.0969. The maximum Gasteiger partial charge on any atom is 0.276 e. The third-order valence-electron chi connectivity index (χ3n) is 5.92. The third-order valence-corrected chi connectivity index (χ3v) is 7.01. The summed E-state index contributed by atoms with van der Waals surface area (Å²) < 4.78 is 4.13. The first-order valence-corrected chi connectivity index (χ1v) is 12.0. The summed E-state index contributed by atoms with van der Waals surface area (Å²) in [6.07, 6.45) is 5.35. The van der Waals surface area contributed by atoms with Crippen LogP contribution in [-0.2, 0) is 13.0 Å². The van der Waals surface area contributed by atoms with E-state index in [9.17, 15) is 20.2 Å². The molecule has 0 aliphatic carbocycles. The maximum atomic E-state index is 13.6. The van der Waals surface area contributed by atoms with Crippen molar-refractivity contribution in [3.8, 4) is 11.8 Å². The van der Waals surface area contributed by atoms with Gasteiger partial charge in [-0.2, -0.15) is 5.26 Å². The molecule has 35 heavy (non-hydrogen) atoms. The summed E-state index contributed by atoms with van der Waals surface area (Å²) in [6, 6.07) is 17.5. The van der Waals surface area contributed by atoms with Gasteiger partial charge in [-0.25, -0.2) is 0 Å². The van der Waals surface area contributed by atoms with Gasteiger partial charge in [0, 0.05) is 19.0 Å². The first kappa shape index (κ1) is 22.4. The van der Waals surface area contributed by atoms with Gasteiger partial charge >= 0.3 is 0 Å². The molecule has 0 unspecified atom stereocenters. The van der Waals surface area contributed by atoms with Crippen molar-refractivity contribution in [1.82, 2.24) is 19.3 Å². The standard InChI is InChI=1S/C25H20N6O3S/c26-16-19(23-28-27-22-13-5-2-8-14-29(22)23)25-30(18-10-3-1-4-11-18)24(32)21(35-25)15-17-9-6-7-12-20(17)31(33)34/h1,3-4,6-7,9-12,15H,2,5,8,13-14H2. The SMILES string of the molecule is N#CC(c1nnc2n1CCCCC2)=c1sc(=Cc2ccccc2[N+](=O)[O-])c(=O)n1-c1ccccc1. The second kappa shape index (κ2) is 9.48. The van der Waals surface area contributed by atoms with Gasteiger partial charge in [-0.3, -0.25) is 19.5 Å². The molecule has 0 bridgehead atoms. The normalized spacial score (nSPS) is 14.7. The van der Waals surface area contributed by atoms with Crippen LogP contribution >= 0.6 is 11.3 Å². The van der Waals surface area contributed by atoms with Crippen molar-refractivity contribution in [3.05, 3.63) is 101 Å². The number of nitriles is 1. The van der Waals surface area contributed by atoms with Crippen molar-refractivity contribution in [2.24, 2.45) is 0 Å². The Hall–Kier alpha value is -4.36. The molecular weight excluding hydrogens is 464 g/mol. The zero-order chi connectivity index (χ0) is 24.4. The number of hydrogen-bond acceptors (Lipinski definition) is 7. The maximum absolute atomic E-state index is 13.6. The van der Waals surface area contributed by atoms with Crippen LogP contribution in [0, 0.1) is 21.4 Å². The molecule has 0 saturated carbocycles. The van der Waals surface area contributed by atoms with Gasteiger partial charge in [0.25, 0.3) is 11.2 Å². The Morgan fingerprint density at radius 1 is 1.09 bits per heavy atom. The van der Waals surface area contributed by atoms with E-state index in [-0.39, 0.29) is 21.4 Å². The number of hydrogen-bond donors (Lipinski definition) is 0. The number of rotatable bonds is 4. The molecule has 174 valence electrons. The first-order chi connectivity index (χ1) is 17.1. The predicted octanol–water partition coefficient (Wildman–Crippen LogP) is 2.68. The van der Waals surface area contributed by atoms with Crippen LogP contribution in [0.3, 0.4) is 0 Å². The largest absolute Gasteiger partial charge is 0.310 e. The minimum Gasteiger partial charge on any atom is -0.310 e. The van der Waals surface area contributed by atoms with E-state index in [4.69, 9.17) is 0 Å². The van der Waals surface area contributed by atoms with Crippen LogP contribution < -0.4 is 14.8 Å². The number of benzene rings is 2. The number of nitrogens with zero attached hydrogens (tertiary/aromatic N) is 6. The molecule has 1 aliphatic rings. The average Bonchev–Trinajstić information content (AvgIpc) is 3.31. The van der Waals surface area contributed by atoms with Gasteiger partial charge in [0.05, 0.1) is 20.7 Å². The lowest BCUT2D eigenvalue weighted by Gasteiger charge is -2.07. The smallest absolute Gasteiger partial charge is 0.276 e. The minimum atomic E-state index is -0.478. The molecule has 0 N–H and O–H groups in total. The number of thiazole rings is 1. The molecule has 2 aromatic heterocycles. The van der Waals surface area contributed by atoms with E-state index >= 15 is 0 Å². The molecule has 3 heterocycles. The first-order valence-electron chi connectivity index (χ1n) is 11.2. The predicted molar refractivity (Wildman–Crippen MR) is 132 cm³/mol. The van der Waals surface area contributed by atoms with E-state index in [2.05, 4.69) is 16.3 Å². The third kappa shape index (κ3) is 4.18. The van der Waals surface area contributed by atoms with Gasteiger partial charge in [0.15, 0.2) is 5.82 Å². The van der Waals surface area contributed by atoms with Gasteiger partial charge < -0.3 is 4.57 Å². The Balaban J connectivity index is 1.85. The molecule has 0 atom stereocenters. The second-order valence-corrected chi connectivity index (χ2v) is 9.13. The van der Waals surface area contributed by atoms with Crippen LogP contribution in [0.5, 0.6) is 0 Å². The quantitative estimate of drug-likeness (QED) is 0.324. The van der Waals surface area contributed by atoms with E-state index in [1.165, 1.54) is 16.7 Å². The zero-order valence-corrected chi connectivity index (χ0v) is 19.4. The number of aromatic nitrogens is 4. The van der Waals surface area contributed by atoms with Crippen LogP contribution in [0.4, 0.5) is 5.69 Å². The molecule has 10 heteroatoms. The molecule has 0 fully saturated rings. The molecule has 0 spiro atoms. The molecular formula is C25H20N6O3S.